The third-order valence-electron chi connectivity index (χ3n) is 2.86. The first-order chi connectivity index (χ1) is 6.76. The molecule has 0 spiro atoms. The van der Waals surface area contributed by atoms with Crippen LogP contribution in [0.4, 0.5) is 0 Å². The molecule has 0 aromatic carbocycles. The van der Waals surface area contributed by atoms with Crippen LogP contribution >= 0.6 is 0 Å². The molecule has 1 saturated heterocycles. The van der Waals surface area contributed by atoms with E-state index in [9.17, 15) is 0 Å². The number of hydrogen-bond acceptors (Lipinski definition) is 3. The summed E-state index contributed by atoms with van der Waals surface area (Å²) in [6.07, 6.45) is 2.54. The minimum Gasteiger partial charge on any atom is -0.329 e. The lowest BCUT2D eigenvalue weighted by Crippen LogP contribution is -2.49. The Bertz CT molecular complexity index is 149. The van der Waals surface area contributed by atoms with E-state index in [1.165, 1.54) is 25.9 Å². The van der Waals surface area contributed by atoms with E-state index >= 15 is 0 Å². The fourth-order valence-electron chi connectivity index (χ4n) is 2.32. The molecule has 0 radical (unpaired) electrons. The van der Waals surface area contributed by atoms with Crippen molar-refractivity contribution in [1.29, 1.82) is 0 Å². The molecule has 14 heavy (non-hydrogen) atoms. The molecular weight excluding hydrogens is 174 g/mol. The van der Waals surface area contributed by atoms with Crippen LogP contribution in [-0.4, -0.2) is 43.7 Å². The van der Waals surface area contributed by atoms with Crippen molar-refractivity contribution in [2.45, 2.75) is 32.7 Å². The summed E-state index contributed by atoms with van der Waals surface area (Å²) in [5.74, 6) is 0.810. The molecule has 1 heterocycles. The number of nitrogens with two attached hydrogens (primary N) is 1. The van der Waals surface area contributed by atoms with Gasteiger partial charge in [-0.05, 0) is 25.3 Å². The number of rotatable bonds is 5. The van der Waals surface area contributed by atoms with Gasteiger partial charge >= 0.3 is 0 Å². The Morgan fingerprint density at radius 2 is 2.21 bits per heavy atom. The molecule has 0 aliphatic carbocycles. The molecule has 0 bridgehead atoms. The van der Waals surface area contributed by atoms with E-state index in [1.807, 2.05) is 0 Å². The number of hydrogen-bond donors (Lipinski definition) is 2. The van der Waals surface area contributed by atoms with E-state index in [-0.39, 0.29) is 0 Å². The summed E-state index contributed by atoms with van der Waals surface area (Å²) >= 11 is 0. The van der Waals surface area contributed by atoms with Gasteiger partial charge in [0.05, 0.1) is 0 Å². The van der Waals surface area contributed by atoms with Gasteiger partial charge in [-0.25, -0.2) is 0 Å². The SMILES string of the molecule is CCCNC1CC(C)CN(CCN)C1. The Balaban J connectivity index is 2.29. The van der Waals surface area contributed by atoms with E-state index in [0.29, 0.717) is 6.04 Å². The summed E-state index contributed by atoms with van der Waals surface area (Å²) < 4.78 is 0. The van der Waals surface area contributed by atoms with E-state index < -0.39 is 0 Å². The molecule has 0 aromatic heterocycles. The Hall–Kier alpha value is -0.120. The van der Waals surface area contributed by atoms with Crippen molar-refractivity contribution < 1.29 is 0 Å². The Morgan fingerprint density at radius 3 is 2.86 bits per heavy atom. The Labute approximate surface area is 88.0 Å². The predicted octanol–water partition coefficient (Wildman–Crippen LogP) is 0.655. The third-order valence-corrected chi connectivity index (χ3v) is 2.86. The highest BCUT2D eigenvalue weighted by Crippen LogP contribution is 2.15. The molecule has 1 aliphatic heterocycles. The number of likely N-dealkylation sites (tertiary alicyclic amines) is 1. The van der Waals surface area contributed by atoms with Gasteiger partial charge in [0.25, 0.3) is 0 Å². The van der Waals surface area contributed by atoms with Crippen LogP contribution in [0.5, 0.6) is 0 Å². The summed E-state index contributed by atoms with van der Waals surface area (Å²) in [6.45, 7) is 9.94. The smallest absolute Gasteiger partial charge is 0.0198 e. The molecule has 84 valence electrons. The fourth-order valence-corrected chi connectivity index (χ4v) is 2.32. The average Bonchev–Trinajstić information content (AvgIpc) is 2.14. The lowest BCUT2D eigenvalue weighted by molar-refractivity contribution is 0.153. The van der Waals surface area contributed by atoms with Gasteiger partial charge in [-0.2, -0.15) is 0 Å². The maximum atomic E-state index is 5.59. The molecule has 0 saturated carbocycles. The third kappa shape index (κ3) is 3.95. The van der Waals surface area contributed by atoms with Crippen LogP contribution in [0.2, 0.25) is 0 Å². The summed E-state index contributed by atoms with van der Waals surface area (Å²) in [5, 5.41) is 3.61. The molecule has 0 amide bonds. The first kappa shape index (κ1) is 12.0. The molecule has 1 aliphatic rings. The lowest BCUT2D eigenvalue weighted by atomic mass is 9.96. The predicted molar refractivity (Wildman–Crippen MR) is 61.4 cm³/mol. The fraction of sp³-hybridized carbons (Fsp3) is 1.00. The van der Waals surface area contributed by atoms with Gasteiger partial charge in [0.1, 0.15) is 0 Å². The Kier molecular flexibility index (Phi) is 5.45. The molecule has 2 unspecified atom stereocenters. The van der Waals surface area contributed by atoms with E-state index in [4.69, 9.17) is 5.73 Å². The highest BCUT2D eigenvalue weighted by atomic mass is 15.2. The highest BCUT2D eigenvalue weighted by molar-refractivity contribution is 4.81. The summed E-state index contributed by atoms with van der Waals surface area (Å²) in [6, 6.07) is 0.685. The summed E-state index contributed by atoms with van der Waals surface area (Å²) in [5.41, 5.74) is 5.59. The largest absolute Gasteiger partial charge is 0.329 e. The first-order valence-corrected chi connectivity index (χ1v) is 5.92. The highest BCUT2D eigenvalue weighted by Gasteiger charge is 2.23. The lowest BCUT2D eigenvalue weighted by Gasteiger charge is -2.36. The quantitative estimate of drug-likeness (QED) is 0.683. The summed E-state index contributed by atoms with van der Waals surface area (Å²) in [7, 11) is 0. The molecule has 3 heteroatoms. The van der Waals surface area contributed by atoms with E-state index in [1.54, 1.807) is 0 Å². The minimum absolute atomic E-state index is 0.685. The zero-order chi connectivity index (χ0) is 10.4. The molecule has 1 rings (SSSR count). The van der Waals surface area contributed by atoms with Crippen LogP contribution in [0, 0.1) is 5.92 Å². The van der Waals surface area contributed by atoms with Crippen LogP contribution in [0.1, 0.15) is 26.7 Å². The van der Waals surface area contributed by atoms with Crippen LogP contribution in [-0.2, 0) is 0 Å². The zero-order valence-corrected chi connectivity index (χ0v) is 9.63. The summed E-state index contributed by atoms with van der Waals surface area (Å²) in [4.78, 5) is 2.49. The number of piperidine rings is 1. The van der Waals surface area contributed by atoms with Crippen molar-refractivity contribution in [1.82, 2.24) is 10.2 Å². The van der Waals surface area contributed by atoms with Gasteiger partial charge in [-0.3, -0.25) is 0 Å². The average molecular weight is 199 g/mol. The number of nitrogens with one attached hydrogen (secondary N) is 1. The first-order valence-electron chi connectivity index (χ1n) is 5.92. The van der Waals surface area contributed by atoms with Gasteiger partial charge in [0.15, 0.2) is 0 Å². The molecule has 0 aromatic rings. The second-order valence-electron chi connectivity index (χ2n) is 4.54. The van der Waals surface area contributed by atoms with Crippen molar-refractivity contribution >= 4 is 0 Å². The van der Waals surface area contributed by atoms with E-state index in [0.717, 1.165) is 25.6 Å². The molecule has 3 nitrogen and oxygen atoms in total. The van der Waals surface area contributed by atoms with Crippen molar-refractivity contribution in [3.05, 3.63) is 0 Å². The maximum absolute atomic E-state index is 5.59. The van der Waals surface area contributed by atoms with Crippen LogP contribution in [0.15, 0.2) is 0 Å². The maximum Gasteiger partial charge on any atom is 0.0198 e. The molecular formula is C11H25N3. The second-order valence-corrected chi connectivity index (χ2v) is 4.54. The van der Waals surface area contributed by atoms with Crippen LogP contribution in [0.25, 0.3) is 0 Å². The van der Waals surface area contributed by atoms with Crippen LogP contribution < -0.4 is 11.1 Å². The van der Waals surface area contributed by atoms with Crippen molar-refractivity contribution in [2.75, 3.05) is 32.7 Å². The van der Waals surface area contributed by atoms with Crippen molar-refractivity contribution in [2.24, 2.45) is 11.7 Å². The normalized spacial score (nSPS) is 29.4. The van der Waals surface area contributed by atoms with Gasteiger partial charge in [-0.1, -0.05) is 13.8 Å². The topological polar surface area (TPSA) is 41.3 Å². The van der Waals surface area contributed by atoms with Gasteiger partial charge < -0.3 is 16.0 Å². The number of nitrogens with zero attached hydrogens (tertiary/aromatic N) is 1. The second kappa shape index (κ2) is 6.38. The van der Waals surface area contributed by atoms with Gasteiger partial charge in [0, 0.05) is 32.2 Å². The Morgan fingerprint density at radius 1 is 1.43 bits per heavy atom. The van der Waals surface area contributed by atoms with Crippen molar-refractivity contribution in [3.63, 3.8) is 0 Å². The van der Waals surface area contributed by atoms with Crippen molar-refractivity contribution in [3.8, 4) is 0 Å². The molecule has 2 atom stereocenters. The van der Waals surface area contributed by atoms with E-state index in [2.05, 4.69) is 24.1 Å². The minimum atomic E-state index is 0.685. The van der Waals surface area contributed by atoms with Crippen LogP contribution in [0.3, 0.4) is 0 Å². The molecule has 1 fully saturated rings. The zero-order valence-electron chi connectivity index (χ0n) is 9.63. The standard InChI is InChI=1S/C11H25N3/c1-3-5-13-11-7-10(2)8-14(9-11)6-4-12/h10-11,13H,3-9,12H2,1-2H3. The van der Waals surface area contributed by atoms with Gasteiger partial charge in [0.2, 0.25) is 0 Å². The van der Waals surface area contributed by atoms with Gasteiger partial charge in [-0.15, -0.1) is 0 Å². The monoisotopic (exact) mass is 199 g/mol. The molecule has 3 N–H and O–H groups in total.